The monoisotopic (exact) mass is 375 g/mol. The summed E-state index contributed by atoms with van der Waals surface area (Å²) in [6, 6.07) is 15.7. The first-order valence-corrected chi connectivity index (χ1v) is 9.18. The van der Waals surface area contributed by atoms with Crippen molar-refractivity contribution in [1.82, 2.24) is 9.97 Å². The van der Waals surface area contributed by atoms with Crippen LogP contribution in [0.15, 0.2) is 53.3 Å². The number of ether oxygens (including phenoxy) is 1. The predicted octanol–water partition coefficient (Wildman–Crippen LogP) is 3.44. The number of anilines is 1. The van der Waals surface area contributed by atoms with Crippen LogP contribution in [-0.2, 0) is 11.4 Å². The van der Waals surface area contributed by atoms with Crippen LogP contribution in [0.2, 0.25) is 0 Å². The second kappa shape index (κ2) is 7.31. The Bertz CT molecular complexity index is 1070. The summed E-state index contributed by atoms with van der Waals surface area (Å²) in [6.07, 6.45) is 0.213. The van der Waals surface area contributed by atoms with E-state index in [4.69, 9.17) is 4.74 Å². The number of carbonyl (C=O) groups is 1. The van der Waals surface area contributed by atoms with Gasteiger partial charge in [-0.3, -0.25) is 9.59 Å². The van der Waals surface area contributed by atoms with Crippen LogP contribution in [0.4, 0.5) is 5.82 Å². The van der Waals surface area contributed by atoms with E-state index in [1.807, 2.05) is 36.4 Å². The van der Waals surface area contributed by atoms with Gasteiger partial charge in [0.15, 0.2) is 0 Å². The molecule has 0 fully saturated rings. The molecule has 0 saturated carbocycles. The Morgan fingerprint density at radius 1 is 1.04 bits per heavy atom. The number of carbonyl (C=O) groups excluding carboxylic acids is 1. The third-order valence-electron chi connectivity index (χ3n) is 4.88. The lowest BCUT2D eigenvalue weighted by Gasteiger charge is -2.24. The summed E-state index contributed by atoms with van der Waals surface area (Å²) < 4.78 is 5.84. The highest BCUT2D eigenvalue weighted by molar-refractivity contribution is 5.94. The number of aromatic amines is 1. The highest BCUT2D eigenvalue weighted by Gasteiger charge is 2.30. The molecule has 0 saturated heterocycles. The van der Waals surface area contributed by atoms with Crippen molar-refractivity contribution in [1.29, 1.82) is 0 Å². The van der Waals surface area contributed by atoms with Crippen molar-refractivity contribution in [2.24, 2.45) is 0 Å². The highest BCUT2D eigenvalue weighted by Crippen LogP contribution is 2.34. The van der Waals surface area contributed by atoms with Crippen LogP contribution in [0, 0.1) is 13.8 Å². The standard InChI is InChI=1S/C22H21N3O3/c1-13-3-5-15(6-4-13)12-28-17-9-7-16(8-10-17)18-11-19(26)25-21-20(18)22(27)24-14(2)23-21/h3-10,18H,11-12H2,1-2H3,(H2,23,24,25,26,27). The molecule has 142 valence electrons. The molecule has 3 aromatic rings. The maximum Gasteiger partial charge on any atom is 0.256 e. The maximum atomic E-state index is 12.5. The molecule has 1 atom stereocenters. The van der Waals surface area contributed by atoms with Crippen LogP contribution >= 0.6 is 0 Å². The molecule has 1 aliphatic heterocycles. The number of aromatic nitrogens is 2. The molecule has 1 unspecified atom stereocenters. The Morgan fingerprint density at radius 2 is 1.75 bits per heavy atom. The van der Waals surface area contributed by atoms with Crippen LogP contribution in [0.3, 0.4) is 0 Å². The molecule has 0 spiro atoms. The molecule has 0 aliphatic carbocycles. The summed E-state index contributed by atoms with van der Waals surface area (Å²) >= 11 is 0. The Hall–Kier alpha value is -3.41. The van der Waals surface area contributed by atoms with E-state index in [-0.39, 0.29) is 23.8 Å². The van der Waals surface area contributed by atoms with E-state index in [0.717, 1.165) is 16.9 Å². The van der Waals surface area contributed by atoms with E-state index in [2.05, 4.69) is 34.3 Å². The quantitative estimate of drug-likeness (QED) is 0.732. The summed E-state index contributed by atoms with van der Waals surface area (Å²) in [5.41, 5.74) is 3.48. The lowest BCUT2D eigenvalue weighted by atomic mass is 9.87. The lowest BCUT2D eigenvalue weighted by Crippen LogP contribution is -2.31. The van der Waals surface area contributed by atoms with E-state index < -0.39 is 0 Å². The normalized spacial score (nSPS) is 15.6. The molecule has 4 rings (SSSR count). The maximum absolute atomic E-state index is 12.5. The van der Waals surface area contributed by atoms with Gasteiger partial charge in [0.2, 0.25) is 5.91 Å². The topological polar surface area (TPSA) is 84.1 Å². The Labute approximate surface area is 162 Å². The summed E-state index contributed by atoms with van der Waals surface area (Å²) in [6.45, 7) is 4.23. The first kappa shape index (κ1) is 18.0. The van der Waals surface area contributed by atoms with Gasteiger partial charge < -0.3 is 15.0 Å². The number of aryl methyl sites for hydroxylation is 2. The van der Waals surface area contributed by atoms with Crippen LogP contribution in [-0.4, -0.2) is 15.9 Å². The van der Waals surface area contributed by atoms with E-state index >= 15 is 0 Å². The summed E-state index contributed by atoms with van der Waals surface area (Å²) in [7, 11) is 0. The average molecular weight is 375 g/mol. The second-order valence-electron chi connectivity index (χ2n) is 7.06. The number of rotatable bonds is 4. The van der Waals surface area contributed by atoms with Crippen molar-refractivity contribution in [3.8, 4) is 5.75 Å². The third kappa shape index (κ3) is 3.67. The van der Waals surface area contributed by atoms with Gasteiger partial charge in [-0.05, 0) is 37.1 Å². The SMILES string of the molecule is Cc1ccc(COc2ccc(C3CC(=O)Nc4nc(C)[nH]c(=O)c43)cc2)cc1. The fourth-order valence-corrected chi connectivity index (χ4v) is 3.42. The van der Waals surface area contributed by atoms with Gasteiger partial charge in [-0.2, -0.15) is 0 Å². The van der Waals surface area contributed by atoms with Gasteiger partial charge in [-0.15, -0.1) is 0 Å². The summed E-state index contributed by atoms with van der Waals surface area (Å²) in [4.78, 5) is 31.5. The van der Waals surface area contributed by atoms with Crippen LogP contribution in [0.25, 0.3) is 0 Å². The van der Waals surface area contributed by atoms with Gasteiger partial charge in [0.25, 0.3) is 5.56 Å². The number of hydrogen-bond donors (Lipinski definition) is 2. The zero-order valence-electron chi connectivity index (χ0n) is 15.8. The minimum Gasteiger partial charge on any atom is -0.489 e. The van der Waals surface area contributed by atoms with Crippen molar-refractivity contribution in [3.63, 3.8) is 0 Å². The second-order valence-corrected chi connectivity index (χ2v) is 7.06. The molecule has 2 aromatic carbocycles. The van der Waals surface area contributed by atoms with Crippen molar-refractivity contribution in [3.05, 3.63) is 87.0 Å². The number of amides is 1. The molecule has 2 N–H and O–H groups in total. The van der Waals surface area contributed by atoms with Gasteiger partial charge >= 0.3 is 0 Å². The molecule has 0 radical (unpaired) electrons. The van der Waals surface area contributed by atoms with Crippen LogP contribution < -0.4 is 15.6 Å². The molecule has 6 heteroatoms. The molecular weight excluding hydrogens is 354 g/mol. The van der Waals surface area contributed by atoms with Crippen molar-refractivity contribution in [2.45, 2.75) is 32.8 Å². The Balaban J connectivity index is 1.55. The van der Waals surface area contributed by atoms with Gasteiger partial charge in [-0.1, -0.05) is 42.0 Å². The average Bonchev–Trinajstić information content (AvgIpc) is 2.67. The number of hydrogen-bond acceptors (Lipinski definition) is 4. The zero-order chi connectivity index (χ0) is 19.7. The summed E-state index contributed by atoms with van der Waals surface area (Å²) in [5.74, 6) is 1.09. The van der Waals surface area contributed by atoms with Crippen molar-refractivity contribution in [2.75, 3.05) is 5.32 Å². The van der Waals surface area contributed by atoms with Crippen molar-refractivity contribution < 1.29 is 9.53 Å². The molecule has 1 amide bonds. The molecule has 1 aromatic heterocycles. The van der Waals surface area contributed by atoms with E-state index in [0.29, 0.717) is 23.8 Å². The first-order valence-electron chi connectivity index (χ1n) is 9.18. The number of H-pyrrole nitrogens is 1. The molecule has 28 heavy (non-hydrogen) atoms. The number of nitrogens with zero attached hydrogens (tertiary/aromatic N) is 1. The van der Waals surface area contributed by atoms with Gasteiger partial charge in [0.05, 0.1) is 5.56 Å². The molecular formula is C22H21N3O3. The molecule has 0 bridgehead atoms. The lowest BCUT2D eigenvalue weighted by molar-refractivity contribution is -0.116. The number of benzene rings is 2. The predicted molar refractivity (Wildman–Crippen MR) is 107 cm³/mol. The van der Waals surface area contributed by atoms with Gasteiger partial charge in [0.1, 0.15) is 24.0 Å². The fraction of sp³-hybridized carbons (Fsp3) is 0.227. The van der Waals surface area contributed by atoms with E-state index in [1.54, 1.807) is 6.92 Å². The Morgan fingerprint density at radius 3 is 2.46 bits per heavy atom. The van der Waals surface area contributed by atoms with E-state index in [9.17, 15) is 9.59 Å². The van der Waals surface area contributed by atoms with Crippen molar-refractivity contribution >= 4 is 11.7 Å². The van der Waals surface area contributed by atoms with E-state index in [1.165, 1.54) is 5.56 Å². The number of nitrogens with one attached hydrogen (secondary N) is 2. The largest absolute Gasteiger partial charge is 0.489 e. The van der Waals surface area contributed by atoms with Crippen LogP contribution in [0.5, 0.6) is 5.75 Å². The van der Waals surface area contributed by atoms with Gasteiger partial charge in [-0.25, -0.2) is 4.98 Å². The third-order valence-corrected chi connectivity index (χ3v) is 4.88. The zero-order valence-corrected chi connectivity index (χ0v) is 15.8. The minimum absolute atomic E-state index is 0.144. The molecule has 1 aliphatic rings. The highest BCUT2D eigenvalue weighted by atomic mass is 16.5. The van der Waals surface area contributed by atoms with Crippen LogP contribution in [0.1, 0.15) is 40.4 Å². The Kier molecular flexibility index (Phi) is 4.69. The van der Waals surface area contributed by atoms with Gasteiger partial charge in [0, 0.05) is 12.3 Å². The first-order chi connectivity index (χ1) is 13.5. The number of fused-ring (bicyclic) bond motifs is 1. The minimum atomic E-state index is -0.327. The molecule has 2 heterocycles. The molecule has 6 nitrogen and oxygen atoms in total. The smallest absolute Gasteiger partial charge is 0.256 e. The summed E-state index contributed by atoms with van der Waals surface area (Å²) in [5, 5.41) is 2.70. The fourth-order valence-electron chi connectivity index (χ4n) is 3.42.